The molecule has 1 aliphatic rings. The van der Waals surface area contributed by atoms with E-state index in [1.165, 1.54) is 0 Å². The first-order chi connectivity index (χ1) is 12.7. The number of hydrogen-bond acceptors (Lipinski definition) is 6. The molecule has 26 heavy (non-hydrogen) atoms. The van der Waals surface area contributed by atoms with Gasteiger partial charge in [-0.05, 0) is 11.1 Å². The van der Waals surface area contributed by atoms with Gasteiger partial charge in [0, 0.05) is 0 Å². The molecular formula is C20H24O6. The maximum Gasteiger partial charge on any atom is 0.184 e. The van der Waals surface area contributed by atoms with E-state index >= 15 is 0 Å². The summed E-state index contributed by atoms with van der Waals surface area (Å²) in [4.78, 5) is 0. The fourth-order valence-electron chi connectivity index (χ4n) is 2.96. The van der Waals surface area contributed by atoms with Gasteiger partial charge < -0.3 is 29.5 Å². The maximum absolute atomic E-state index is 10.5. The van der Waals surface area contributed by atoms with Crippen molar-refractivity contribution in [3.63, 3.8) is 0 Å². The van der Waals surface area contributed by atoms with E-state index in [-0.39, 0.29) is 13.2 Å². The molecule has 0 spiro atoms. The minimum atomic E-state index is -1.31. The largest absolute Gasteiger partial charge is 0.394 e. The molecule has 3 rings (SSSR count). The smallest absolute Gasteiger partial charge is 0.184 e. The summed E-state index contributed by atoms with van der Waals surface area (Å²) < 4.78 is 16.9. The van der Waals surface area contributed by atoms with Gasteiger partial charge in [0.1, 0.15) is 24.4 Å². The van der Waals surface area contributed by atoms with Gasteiger partial charge in [-0.15, -0.1) is 0 Å². The third kappa shape index (κ3) is 4.67. The van der Waals surface area contributed by atoms with Crippen molar-refractivity contribution in [1.29, 1.82) is 0 Å². The standard InChI is InChI=1S/C20H24O6/c21-11-16-17(22)18(24-12-14-7-3-1-4-8-14)19(20(23)26-16)25-13-15-9-5-2-6-10-15/h1-10,16-23H,11-13H2/t16-,17+,18+,19+,20+/m0/s1. The van der Waals surface area contributed by atoms with Crippen LogP contribution in [0.1, 0.15) is 11.1 Å². The van der Waals surface area contributed by atoms with E-state index in [0.717, 1.165) is 11.1 Å². The Morgan fingerprint density at radius 3 is 1.77 bits per heavy atom. The minimum absolute atomic E-state index is 0.244. The van der Waals surface area contributed by atoms with Crippen molar-refractivity contribution in [1.82, 2.24) is 0 Å². The molecule has 5 atom stereocenters. The van der Waals surface area contributed by atoms with Crippen molar-refractivity contribution in [3.8, 4) is 0 Å². The molecule has 0 unspecified atom stereocenters. The van der Waals surface area contributed by atoms with E-state index in [1.807, 2.05) is 60.7 Å². The second kappa shape index (κ2) is 9.23. The topological polar surface area (TPSA) is 88.4 Å². The van der Waals surface area contributed by atoms with Crippen LogP contribution in [-0.2, 0) is 27.4 Å². The third-order valence-corrected chi connectivity index (χ3v) is 4.39. The van der Waals surface area contributed by atoms with Gasteiger partial charge in [-0.1, -0.05) is 60.7 Å². The number of rotatable bonds is 7. The third-order valence-electron chi connectivity index (χ3n) is 4.39. The van der Waals surface area contributed by atoms with Crippen LogP contribution >= 0.6 is 0 Å². The van der Waals surface area contributed by atoms with Crippen LogP contribution < -0.4 is 0 Å². The number of hydrogen-bond donors (Lipinski definition) is 3. The summed E-state index contributed by atoms with van der Waals surface area (Å²) in [6.07, 6.45) is -5.06. The Kier molecular flexibility index (Phi) is 6.73. The maximum atomic E-state index is 10.5. The summed E-state index contributed by atoms with van der Waals surface area (Å²) >= 11 is 0. The Hall–Kier alpha value is -1.80. The Morgan fingerprint density at radius 2 is 1.27 bits per heavy atom. The summed E-state index contributed by atoms with van der Waals surface area (Å²) in [5, 5.41) is 30.2. The van der Waals surface area contributed by atoms with Gasteiger partial charge in [-0.25, -0.2) is 0 Å². The number of aliphatic hydroxyl groups is 3. The fourth-order valence-corrected chi connectivity index (χ4v) is 2.96. The van der Waals surface area contributed by atoms with Gasteiger partial charge in [0.05, 0.1) is 19.8 Å². The summed E-state index contributed by atoms with van der Waals surface area (Å²) in [6, 6.07) is 19.0. The normalized spacial score (nSPS) is 28.8. The van der Waals surface area contributed by atoms with Crippen molar-refractivity contribution < 1.29 is 29.5 Å². The first-order valence-electron chi connectivity index (χ1n) is 8.62. The van der Waals surface area contributed by atoms with Crippen LogP contribution in [-0.4, -0.2) is 52.6 Å². The van der Waals surface area contributed by atoms with Crippen molar-refractivity contribution in [3.05, 3.63) is 71.8 Å². The van der Waals surface area contributed by atoms with Crippen LogP contribution in [0.4, 0.5) is 0 Å². The molecule has 1 aliphatic heterocycles. The van der Waals surface area contributed by atoms with Crippen molar-refractivity contribution in [2.45, 2.75) is 43.9 Å². The van der Waals surface area contributed by atoms with Crippen LogP contribution in [0.15, 0.2) is 60.7 Å². The summed E-state index contributed by atoms with van der Waals surface area (Å²) in [6.45, 7) is 0.0705. The highest BCUT2D eigenvalue weighted by atomic mass is 16.7. The lowest BCUT2D eigenvalue weighted by molar-refractivity contribution is -0.307. The lowest BCUT2D eigenvalue weighted by Gasteiger charge is -2.42. The highest BCUT2D eigenvalue weighted by Crippen LogP contribution is 2.26. The average molecular weight is 360 g/mol. The number of benzene rings is 2. The molecule has 140 valence electrons. The zero-order chi connectivity index (χ0) is 18.4. The zero-order valence-corrected chi connectivity index (χ0v) is 14.3. The van der Waals surface area contributed by atoms with Crippen molar-refractivity contribution in [2.24, 2.45) is 0 Å². The molecule has 0 amide bonds. The first-order valence-corrected chi connectivity index (χ1v) is 8.62. The Bertz CT molecular complexity index is 650. The second-order valence-electron chi connectivity index (χ2n) is 6.26. The van der Waals surface area contributed by atoms with Crippen LogP contribution in [0.3, 0.4) is 0 Å². The summed E-state index contributed by atoms with van der Waals surface area (Å²) in [5.74, 6) is 0. The van der Waals surface area contributed by atoms with Gasteiger partial charge in [0.15, 0.2) is 6.29 Å². The predicted octanol–water partition coefficient (Wildman–Crippen LogP) is 1.23. The molecule has 1 fully saturated rings. The van der Waals surface area contributed by atoms with Gasteiger partial charge in [-0.3, -0.25) is 0 Å². The SMILES string of the molecule is OC[C@@H]1O[C@@H](O)[C@H](OCc2ccccc2)[C@H](OCc2ccccc2)[C@@H]1O. The van der Waals surface area contributed by atoms with Gasteiger partial charge in [0.2, 0.25) is 0 Å². The van der Waals surface area contributed by atoms with E-state index < -0.39 is 37.3 Å². The molecule has 3 N–H and O–H groups in total. The van der Waals surface area contributed by atoms with E-state index in [0.29, 0.717) is 0 Å². The van der Waals surface area contributed by atoms with E-state index in [1.54, 1.807) is 0 Å². The highest BCUT2D eigenvalue weighted by molar-refractivity contribution is 5.14. The molecule has 6 heteroatoms. The summed E-state index contributed by atoms with van der Waals surface area (Å²) in [5.41, 5.74) is 1.86. The number of aliphatic hydroxyl groups excluding tert-OH is 3. The molecule has 0 bridgehead atoms. The highest BCUT2D eigenvalue weighted by Gasteiger charge is 2.46. The molecule has 2 aromatic rings. The van der Waals surface area contributed by atoms with Gasteiger partial charge in [0.25, 0.3) is 0 Å². The minimum Gasteiger partial charge on any atom is -0.394 e. The van der Waals surface area contributed by atoms with E-state index in [2.05, 4.69) is 0 Å². The molecular weight excluding hydrogens is 336 g/mol. The Labute approximate surface area is 152 Å². The predicted molar refractivity (Wildman–Crippen MR) is 94.0 cm³/mol. The van der Waals surface area contributed by atoms with Crippen molar-refractivity contribution >= 4 is 0 Å². The molecule has 6 nitrogen and oxygen atoms in total. The van der Waals surface area contributed by atoms with Crippen LogP contribution in [0.25, 0.3) is 0 Å². The lowest BCUT2D eigenvalue weighted by atomic mass is 9.98. The number of ether oxygens (including phenoxy) is 3. The zero-order valence-electron chi connectivity index (χ0n) is 14.3. The molecule has 0 aliphatic carbocycles. The quantitative estimate of drug-likeness (QED) is 0.688. The lowest BCUT2D eigenvalue weighted by Crippen LogP contribution is -2.60. The monoisotopic (exact) mass is 360 g/mol. The molecule has 0 saturated carbocycles. The molecule has 2 aromatic carbocycles. The van der Waals surface area contributed by atoms with Crippen LogP contribution in [0, 0.1) is 0 Å². The van der Waals surface area contributed by atoms with Crippen LogP contribution in [0.5, 0.6) is 0 Å². The summed E-state index contributed by atoms with van der Waals surface area (Å²) in [7, 11) is 0. The fraction of sp³-hybridized carbons (Fsp3) is 0.400. The molecule has 1 saturated heterocycles. The molecule has 1 heterocycles. The van der Waals surface area contributed by atoms with Crippen LogP contribution in [0.2, 0.25) is 0 Å². The first kappa shape index (κ1) is 19.0. The Morgan fingerprint density at radius 1 is 0.769 bits per heavy atom. The molecule has 0 aromatic heterocycles. The van der Waals surface area contributed by atoms with Gasteiger partial charge in [-0.2, -0.15) is 0 Å². The van der Waals surface area contributed by atoms with Gasteiger partial charge >= 0.3 is 0 Å². The van der Waals surface area contributed by atoms with E-state index in [9.17, 15) is 15.3 Å². The molecule has 0 radical (unpaired) electrons. The Balaban J connectivity index is 1.69. The second-order valence-corrected chi connectivity index (χ2v) is 6.26. The van der Waals surface area contributed by atoms with E-state index in [4.69, 9.17) is 14.2 Å². The average Bonchev–Trinajstić information content (AvgIpc) is 2.69. The van der Waals surface area contributed by atoms with Crippen molar-refractivity contribution in [2.75, 3.05) is 6.61 Å².